The van der Waals surface area contributed by atoms with Gasteiger partial charge in [-0.15, -0.1) is 0 Å². The van der Waals surface area contributed by atoms with Crippen LogP contribution in [0.15, 0.2) is 11.6 Å². The Labute approximate surface area is 125 Å². The SMILES string of the molecule is CC(C)CC(=O)CC(C)C.CC1=CC(=O)CC(C)(C)C1. The quantitative estimate of drug-likeness (QED) is 0.728. The lowest BCUT2D eigenvalue weighted by Crippen LogP contribution is -2.20. The Bertz CT molecular complexity index is 348. The van der Waals surface area contributed by atoms with Crippen molar-refractivity contribution in [3.63, 3.8) is 0 Å². The number of hydrogen-bond acceptors (Lipinski definition) is 2. The van der Waals surface area contributed by atoms with Gasteiger partial charge in [0.1, 0.15) is 5.78 Å². The van der Waals surface area contributed by atoms with Crippen LogP contribution in [0.5, 0.6) is 0 Å². The minimum Gasteiger partial charge on any atom is -0.300 e. The van der Waals surface area contributed by atoms with Crippen LogP contribution in [-0.4, -0.2) is 11.6 Å². The van der Waals surface area contributed by atoms with E-state index in [1.54, 1.807) is 6.08 Å². The number of rotatable bonds is 4. The van der Waals surface area contributed by atoms with Crippen LogP contribution < -0.4 is 0 Å². The Morgan fingerprint density at radius 2 is 1.55 bits per heavy atom. The third kappa shape index (κ3) is 9.94. The maximum Gasteiger partial charge on any atom is 0.156 e. The smallest absolute Gasteiger partial charge is 0.156 e. The van der Waals surface area contributed by atoms with Gasteiger partial charge < -0.3 is 0 Å². The Balaban J connectivity index is 0.000000361. The van der Waals surface area contributed by atoms with E-state index in [4.69, 9.17) is 0 Å². The molecule has 116 valence electrons. The Hall–Kier alpha value is -0.920. The van der Waals surface area contributed by atoms with E-state index in [1.165, 1.54) is 5.57 Å². The van der Waals surface area contributed by atoms with E-state index in [9.17, 15) is 9.59 Å². The molecule has 1 aliphatic rings. The lowest BCUT2D eigenvalue weighted by atomic mass is 9.77. The molecular weight excluding hydrogens is 248 g/mol. The van der Waals surface area contributed by atoms with Crippen molar-refractivity contribution >= 4 is 11.6 Å². The minimum atomic E-state index is 0.204. The van der Waals surface area contributed by atoms with Gasteiger partial charge in [0.2, 0.25) is 0 Å². The summed E-state index contributed by atoms with van der Waals surface area (Å²) in [5.74, 6) is 1.73. The molecule has 2 nitrogen and oxygen atoms in total. The third-order valence-electron chi connectivity index (χ3n) is 3.09. The Morgan fingerprint density at radius 1 is 1.10 bits per heavy atom. The number of allylic oxidation sites excluding steroid dienone is 2. The zero-order valence-electron chi connectivity index (χ0n) is 14.4. The summed E-state index contributed by atoms with van der Waals surface area (Å²) in [7, 11) is 0. The molecule has 0 unspecified atom stereocenters. The van der Waals surface area contributed by atoms with E-state index in [2.05, 4.69) is 41.5 Å². The van der Waals surface area contributed by atoms with Crippen LogP contribution in [0.3, 0.4) is 0 Å². The van der Waals surface area contributed by atoms with Crippen molar-refractivity contribution in [1.29, 1.82) is 0 Å². The van der Waals surface area contributed by atoms with Gasteiger partial charge in [-0.2, -0.15) is 0 Å². The van der Waals surface area contributed by atoms with Crippen LogP contribution in [0.2, 0.25) is 0 Å². The van der Waals surface area contributed by atoms with Crippen LogP contribution in [0.25, 0.3) is 0 Å². The summed E-state index contributed by atoms with van der Waals surface area (Å²) >= 11 is 0. The third-order valence-corrected chi connectivity index (χ3v) is 3.09. The van der Waals surface area contributed by atoms with E-state index in [0.717, 1.165) is 19.3 Å². The normalized spacial score (nSPS) is 17.6. The standard InChI is InChI=1S/C9H14O.C9H18O/c1-7-4-8(10)6-9(2,3)5-7;1-7(2)5-9(10)6-8(3)4/h4H,5-6H2,1-3H3;7-8H,5-6H2,1-4H3. The maximum atomic E-state index is 11.1. The highest BCUT2D eigenvalue weighted by molar-refractivity contribution is 5.91. The summed E-state index contributed by atoms with van der Waals surface area (Å²) in [6, 6.07) is 0. The highest BCUT2D eigenvalue weighted by Gasteiger charge is 2.25. The minimum absolute atomic E-state index is 0.204. The number of carbonyl (C=O) groups is 2. The van der Waals surface area contributed by atoms with Crippen LogP contribution in [0.1, 0.15) is 74.1 Å². The van der Waals surface area contributed by atoms with Gasteiger partial charge in [-0.25, -0.2) is 0 Å². The molecule has 0 aliphatic heterocycles. The fourth-order valence-corrected chi connectivity index (χ4v) is 2.66. The molecule has 0 atom stereocenters. The molecule has 0 amide bonds. The average Bonchev–Trinajstić information content (AvgIpc) is 2.09. The molecule has 0 aromatic heterocycles. The first-order chi connectivity index (χ1) is 9.01. The second-order valence-corrected chi connectivity index (χ2v) is 7.71. The van der Waals surface area contributed by atoms with Gasteiger partial charge in [-0.1, -0.05) is 47.1 Å². The van der Waals surface area contributed by atoms with Crippen molar-refractivity contribution in [2.45, 2.75) is 74.1 Å². The van der Waals surface area contributed by atoms with Gasteiger partial charge in [0.05, 0.1) is 0 Å². The largest absolute Gasteiger partial charge is 0.300 e. The average molecular weight is 280 g/mol. The van der Waals surface area contributed by atoms with Crippen LogP contribution >= 0.6 is 0 Å². The number of hydrogen-bond donors (Lipinski definition) is 0. The molecule has 0 heterocycles. The summed E-state index contributed by atoms with van der Waals surface area (Å²) in [6.07, 6.45) is 5.05. The molecule has 0 radical (unpaired) electrons. The molecule has 0 aromatic carbocycles. The zero-order chi connectivity index (χ0) is 15.9. The molecule has 0 N–H and O–H groups in total. The Morgan fingerprint density at radius 3 is 1.85 bits per heavy atom. The predicted octanol–water partition coefficient (Wildman–Crippen LogP) is 4.97. The van der Waals surface area contributed by atoms with Gasteiger partial charge in [0, 0.05) is 19.3 Å². The van der Waals surface area contributed by atoms with Gasteiger partial charge >= 0.3 is 0 Å². The fourth-order valence-electron chi connectivity index (χ4n) is 2.66. The lowest BCUT2D eigenvalue weighted by Gasteiger charge is -2.27. The topological polar surface area (TPSA) is 34.1 Å². The number of Topliss-reactive ketones (excluding diaryl/α,β-unsaturated/α-hetero) is 1. The van der Waals surface area contributed by atoms with Gasteiger partial charge in [-0.3, -0.25) is 9.59 Å². The number of ketones is 2. The van der Waals surface area contributed by atoms with E-state index in [-0.39, 0.29) is 11.2 Å². The molecule has 0 aromatic rings. The van der Waals surface area contributed by atoms with Crippen molar-refractivity contribution in [1.82, 2.24) is 0 Å². The maximum absolute atomic E-state index is 11.1. The monoisotopic (exact) mass is 280 g/mol. The van der Waals surface area contributed by atoms with Crippen LogP contribution in [0.4, 0.5) is 0 Å². The molecule has 1 rings (SSSR count). The highest BCUT2D eigenvalue weighted by atomic mass is 16.1. The van der Waals surface area contributed by atoms with E-state index < -0.39 is 0 Å². The van der Waals surface area contributed by atoms with E-state index in [0.29, 0.717) is 24.0 Å². The van der Waals surface area contributed by atoms with Crippen molar-refractivity contribution in [3.05, 3.63) is 11.6 Å². The second kappa shape index (κ2) is 8.39. The highest BCUT2D eigenvalue weighted by Crippen LogP contribution is 2.32. The Kier molecular flexibility index (Phi) is 8.00. The van der Waals surface area contributed by atoms with Crippen LogP contribution in [0, 0.1) is 17.3 Å². The summed E-state index contributed by atoms with van der Waals surface area (Å²) < 4.78 is 0. The molecule has 0 saturated heterocycles. The van der Waals surface area contributed by atoms with Crippen molar-refractivity contribution in [2.75, 3.05) is 0 Å². The summed E-state index contributed by atoms with van der Waals surface area (Å²) in [4.78, 5) is 22.1. The molecule has 0 bridgehead atoms. The van der Waals surface area contributed by atoms with Crippen LogP contribution in [-0.2, 0) is 9.59 Å². The summed E-state index contributed by atoms with van der Waals surface area (Å²) in [6.45, 7) is 14.6. The van der Waals surface area contributed by atoms with Crippen molar-refractivity contribution in [2.24, 2.45) is 17.3 Å². The van der Waals surface area contributed by atoms with Crippen molar-refractivity contribution < 1.29 is 9.59 Å². The van der Waals surface area contributed by atoms with Gasteiger partial charge in [0.25, 0.3) is 0 Å². The molecular formula is C18H32O2. The first-order valence-electron chi connectivity index (χ1n) is 7.73. The number of carbonyl (C=O) groups excluding carboxylic acids is 2. The fraction of sp³-hybridized carbons (Fsp3) is 0.778. The first-order valence-corrected chi connectivity index (χ1v) is 7.73. The summed E-state index contributed by atoms with van der Waals surface area (Å²) in [5, 5.41) is 0. The zero-order valence-corrected chi connectivity index (χ0v) is 14.4. The van der Waals surface area contributed by atoms with Crippen molar-refractivity contribution in [3.8, 4) is 0 Å². The molecule has 1 aliphatic carbocycles. The molecule has 0 spiro atoms. The molecule has 0 fully saturated rings. The second-order valence-electron chi connectivity index (χ2n) is 7.71. The van der Waals surface area contributed by atoms with E-state index >= 15 is 0 Å². The molecule has 20 heavy (non-hydrogen) atoms. The molecule has 0 saturated carbocycles. The lowest BCUT2D eigenvalue weighted by molar-refractivity contribution is -0.120. The summed E-state index contributed by atoms with van der Waals surface area (Å²) in [5.41, 5.74) is 1.43. The van der Waals surface area contributed by atoms with Gasteiger partial charge in [0.15, 0.2) is 5.78 Å². The van der Waals surface area contributed by atoms with Gasteiger partial charge in [-0.05, 0) is 36.7 Å². The molecule has 2 heteroatoms. The predicted molar refractivity (Wildman–Crippen MR) is 85.7 cm³/mol. The van der Waals surface area contributed by atoms with E-state index in [1.807, 2.05) is 6.92 Å². The first kappa shape index (κ1) is 19.1.